The van der Waals surface area contributed by atoms with Crippen LogP contribution in [0.3, 0.4) is 0 Å². The lowest BCUT2D eigenvalue weighted by Crippen LogP contribution is -2.49. The van der Waals surface area contributed by atoms with Gasteiger partial charge in [-0.1, -0.05) is 40.0 Å². The Morgan fingerprint density at radius 2 is 1.87 bits per heavy atom. The van der Waals surface area contributed by atoms with Crippen LogP contribution in [0.15, 0.2) is 0 Å². The number of rotatable bonds is 6. The van der Waals surface area contributed by atoms with Crippen LogP contribution in [0.5, 0.6) is 0 Å². The molecule has 0 spiro atoms. The highest BCUT2D eigenvalue weighted by Crippen LogP contribution is 2.28. The molecule has 0 aliphatic heterocycles. The van der Waals surface area contributed by atoms with E-state index in [1.54, 1.807) is 0 Å². The molecule has 0 radical (unpaired) electrons. The van der Waals surface area contributed by atoms with Crippen molar-refractivity contribution in [2.75, 3.05) is 19.6 Å². The average Bonchev–Trinajstić information content (AvgIpc) is 2.63. The second kappa shape index (κ2) is 5.86. The minimum Gasteiger partial charge on any atom is -0.324 e. The van der Waals surface area contributed by atoms with E-state index in [1.807, 2.05) is 0 Å². The summed E-state index contributed by atoms with van der Waals surface area (Å²) in [6, 6.07) is 0. The summed E-state index contributed by atoms with van der Waals surface area (Å²) in [6.45, 7) is 10.3. The van der Waals surface area contributed by atoms with E-state index in [0.29, 0.717) is 0 Å². The summed E-state index contributed by atoms with van der Waals surface area (Å²) >= 11 is 0. The van der Waals surface area contributed by atoms with E-state index in [4.69, 9.17) is 5.73 Å². The summed E-state index contributed by atoms with van der Waals surface area (Å²) in [6.07, 6.45) is 6.39. The molecule has 0 amide bonds. The summed E-state index contributed by atoms with van der Waals surface area (Å²) in [7, 11) is 0. The number of nitrogens with zero attached hydrogens (tertiary/aromatic N) is 1. The Bertz CT molecular complexity index is 173. The molecule has 0 aromatic rings. The Morgan fingerprint density at radius 3 is 2.33 bits per heavy atom. The van der Waals surface area contributed by atoms with Crippen molar-refractivity contribution in [1.82, 2.24) is 4.90 Å². The predicted molar refractivity (Wildman–Crippen MR) is 67.0 cm³/mol. The van der Waals surface area contributed by atoms with Crippen molar-refractivity contribution < 1.29 is 0 Å². The van der Waals surface area contributed by atoms with Crippen LogP contribution in [0.25, 0.3) is 0 Å². The highest BCUT2D eigenvalue weighted by Gasteiger charge is 2.31. The molecule has 1 unspecified atom stereocenters. The Morgan fingerprint density at radius 1 is 1.27 bits per heavy atom. The van der Waals surface area contributed by atoms with Gasteiger partial charge in [0.25, 0.3) is 0 Å². The summed E-state index contributed by atoms with van der Waals surface area (Å²) in [5.41, 5.74) is 6.54. The van der Waals surface area contributed by atoms with Crippen LogP contribution in [0.1, 0.15) is 52.9 Å². The van der Waals surface area contributed by atoms with Gasteiger partial charge in [0.05, 0.1) is 0 Å². The maximum Gasteiger partial charge on any atom is 0.0283 e. The standard InChI is InChI=1S/C13H28N2/c1-4-12(3)10-15(5-2)11-13(14)8-6-7-9-13/h12H,4-11,14H2,1-3H3. The summed E-state index contributed by atoms with van der Waals surface area (Å²) in [4.78, 5) is 2.54. The van der Waals surface area contributed by atoms with Crippen molar-refractivity contribution >= 4 is 0 Å². The van der Waals surface area contributed by atoms with E-state index in [1.165, 1.54) is 38.6 Å². The zero-order valence-electron chi connectivity index (χ0n) is 10.8. The molecule has 1 rings (SSSR count). The molecule has 2 nitrogen and oxygen atoms in total. The number of hydrogen-bond acceptors (Lipinski definition) is 2. The monoisotopic (exact) mass is 212 g/mol. The topological polar surface area (TPSA) is 29.3 Å². The van der Waals surface area contributed by atoms with E-state index in [9.17, 15) is 0 Å². The minimum atomic E-state index is 0.128. The Balaban J connectivity index is 2.38. The lowest BCUT2D eigenvalue weighted by molar-refractivity contribution is 0.192. The smallest absolute Gasteiger partial charge is 0.0283 e. The molecule has 0 aromatic carbocycles. The zero-order valence-corrected chi connectivity index (χ0v) is 10.8. The summed E-state index contributed by atoms with van der Waals surface area (Å²) in [5, 5.41) is 0. The fourth-order valence-corrected chi connectivity index (χ4v) is 2.56. The zero-order chi connectivity index (χ0) is 11.3. The molecule has 1 saturated carbocycles. The average molecular weight is 212 g/mol. The number of likely N-dealkylation sites (N-methyl/N-ethyl adjacent to an activating group) is 1. The summed E-state index contributed by atoms with van der Waals surface area (Å²) in [5.74, 6) is 0.801. The van der Waals surface area contributed by atoms with Crippen LogP contribution >= 0.6 is 0 Å². The number of nitrogens with two attached hydrogens (primary N) is 1. The molecule has 2 N–H and O–H groups in total. The third-order valence-corrected chi connectivity index (χ3v) is 3.85. The van der Waals surface area contributed by atoms with Crippen LogP contribution in [-0.2, 0) is 0 Å². The fraction of sp³-hybridized carbons (Fsp3) is 1.00. The molecule has 0 saturated heterocycles. The largest absolute Gasteiger partial charge is 0.324 e. The first-order valence-corrected chi connectivity index (χ1v) is 6.61. The lowest BCUT2D eigenvalue weighted by atomic mass is 9.97. The Hall–Kier alpha value is -0.0800. The van der Waals surface area contributed by atoms with E-state index >= 15 is 0 Å². The second-order valence-corrected chi connectivity index (χ2v) is 5.41. The summed E-state index contributed by atoms with van der Waals surface area (Å²) < 4.78 is 0. The molecular weight excluding hydrogens is 184 g/mol. The molecular formula is C13H28N2. The maximum atomic E-state index is 6.41. The van der Waals surface area contributed by atoms with Gasteiger partial charge in [-0.2, -0.15) is 0 Å². The predicted octanol–water partition coefficient (Wildman–Crippen LogP) is 2.63. The van der Waals surface area contributed by atoms with Crippen LogP contribution in [0, 0.1) is 5.92 Å². The van der Waals surface area contributed by atoms with Gasteiger partial charge in [-0.3, -0.25) is 0 Å². The lowest BCUT2D eigenvalue weighted by Gasteiger charge is -2.33. The SMILES string of the molecule is CCC(C)CN(CC)CC1(N)CCCC1. The molecule has 1 aliphatic rings. The Labute approximate surface area is 95.2 Å². The Kier molecular flexibility index (Phi) is 5.07. The van der Waals surface area contributed by atoms with E-state index in [-0.39, 0.29) is 5.54 Å². The van der Waals surface area contributed by atoms with E-state index in [0.717, 1.165) is 19.0 Å². The molecule has 15 heavy (non-hydrogen) atoms. The van der Waals surface area contributed by atoms with Gasteiger partial charge >= 0.3 is 0 Å². The van der Waals surface area contributed by atoms with Gasteiger partial charge in [-0.15, -0.1) is 0 Å². The third-order valence-electron chi connectivity index (χ3n) is 3.85. The van der Waals surface area contributed by atoms with Gasteiger partial charge in [0.15, 0.2) is 0 Å². The van der Waals surface area contributed by atoms with Gasteiger partial charge in [0.2, 0.25) is 0 Å². The third kappa shape index (κ3) is 4.12. The van der Waals surface area contributed by atoms with Gasteiger partial charge in [-0.05, 0) is 25.3 Å². The molecule has 0 aromatic heterocycles. The van der Waals surface area contributed by atoms with Gasteiger partial charge < -0.3 is 10.6 Å². The van der Waals surface area contributed by atoms with Crippen molar-refractivity contribution in [3.63, 3.8) is 0 Å². The highest BCUT2D eigenvalue weighted by atomic mass is 15.1. The first kappa shape index (κ1) is 13.0. The first-order valence-electron chi connectivity index (χ1n) is 6.61. The normalized spacial score (nSPS) is 22.2. The molecule has 90 valence electrons. The van der Waals surface area contributed by atoms with Crippen molar-refractivity contribution in [2.24, 2.45) is 11.7 Å². The van der Waals surface area contributed by atoms with Gasteiger partial charge in [0, 0.05) is 18.6 Å². The molecule has 1 atom stereocenters. The first-order chi connectivity index (χ1) is 7.09. The van der Waals surface area contributed by atoms with Crippen LogP contribution in [-0.4, -0.2) is 30.1 Å². The van der Waals surface area contributed by atoms with E-state index < -0.39 is 0 Å². The quantitative estimate of drug-likeness (QED) is 0.733. The van der Waals surface area contributed by atoms with Crippen molar-refractivity contribution in [3.8, 4) is 0 Å². The highest BCUT2D eigenvalue weighted by molar-refractivity contribution is 4.92. The molecule has 0 bridgehead atoms. The molecule has 2 heteroatoms. The van der Waals surface area contributed by atoms with Crippen molar-refractivity contribution in [2.45, 2.75) is 58.4 Å². The molecule has 1 fully saturated rings. The second-order valence-electron chi connectivity index (χ2n) is 5.41. The molecule has 0 heterocycles. The van der Waals surface area contributed by atoms with Crippen molar-refractivity contribution in [3.05, 3.63) is 0 Å². The number of hydrogen-bond donors (Lipinski definition) is 1. The van der Waals surface area contributed by atoms with Gasteiger partial charge in [0.1, 0.15) is 0 Å². The van der Waals surface area contributed by atoms with E-state index in [2.05, 4.69) is 25.7 Å². The van der Waals surface area contributed by atoms with Crippen LogP contribution in [0.4, 0.5) is 0 Å². The van der Waals surface area contributed by atoms with Gasteiger partial charge in [-0.25, -0.2) is 0 Å². The van der Waals surface area contributed by atoms with Crippen LogP contribution < -0.4 is 5.73 Å². The van der Waals surface area contributed by atoms with Crippen LogP contribution in [0.2, 0.25) is 0 Å². The molecule has 1 aliphatic carbocycles. The minimum absolute atomic E-state index is 0.128. The maximum absolute atomic E-state index is 6.41. The van der Waals surface area contributed by atoms with Crippen molar-refractivity contribution in [1.29, 1.82) is 0 Å². The fourth-order valence-electron chi connectivity index (χ4n) is 2.56.